The first kappa shape index (κ1) is 21.0. The van der Waals surface area contributed by atoms with Gasteiger partial charge < -0.3 is 9.47 Å². The number of carbonyl (C=O) groups is 2. The molecule has 0 aliphatic carbocycles. The van der Waals surface area contributed by atoms with Crippen LogP contribution in [0.4, 0.5) is 0 Å². The Kier molecular flexibility index (Phi) is 10.0. The van der Waals surface area contributed by atoms with Gasteiger partial charge in [0, 0.05) is 0 Å². The van der Waals surface area contributed by atoms with E-state index in [0.717, 1.165) is 38.5 Å². The van der Waals surface area contributed by atoms with Crippen LogP contribution in [-0.4, -0.2) is 24.1 Å². The summed E-state index contributed by atoms with van der Waals surface area (Å²) in [6, 6.07) is 0. The summed E-state index contributed by atoms with van der Waals surface area (Å²) in [7, 11) is 0. The third kappa shape index (κ3) is 7.67. The highest BCUT2D eigenvalue weighted by molar-refractivity contribution is 5.74. The molecule has 2 saturated heterocycles. The second-order valence-electron chi connectivity index (χ2n) is 7.35. The average Bonchev–Trinajstić information content (AvgIpc) is 3.03. The van der Waals surface area contributed by atoms with Crippen molar-refractivity contribution >= 4 is 11.9 Å². The summed E-state index contributed by atoms with van der Waals surface area (Å²) in [5.74, 6) is 0.451. The number of hydrogen-bond acceptors (Lipinski definition) is 4. The highest BCUT2D eigenvalue weighted by atomic mass is 16.6. The second-order valence-corrected chi connectivity index (χ2v) is 7.35. The molecule has 2 fully saturated rings. The summed E-state index contributed by atoms with van der Waals surface area (Å²) in [6.45, 7) is 8.28. The molecule has 0 N–H and O–H groups in total. The number of cyclic esters (lactones) is 2. The van der Waals surface area contributed by atoms with Gasteiger partial charge in [-0.25, -0.2) is 0 Å². The molecular formula is C20H36O4. The lowest BCUT2D eigenvalue weighted by Crippen LogP contribution is -2.07. The van der Waals surface area contributed by atoms with Crippen LogP contribution in [0, 0.1) is 11.8 Å². The molecule has 4 nitrogen and oxygen atoms in total. The molecule has 4 heteroatoms. The van der Waals surface area contributed by atoms with Crippen molar-refractivity contribution in [2.45, 2.75) is 104 Å². The van der Waals surface area contributed by atoms with Crippen molar-refractivity contribution in [3.63, 3.8) is 0 Å². The molecule has 2 heterocycles. The summed E-state index contributed by atoms with van der Waals surface area (Å²) in [6.07, 6.45) is 11.5. The van der Waals surface area contributed by atoms with Gasteiger partial charge in [0.2, 0.25) is 0 Å². The normalized spacial score (nSPS) is 29.0. The Morgan fingerprint density at radius 1 is 0.750 bits per heavy atom. The van der Waals surface area contributed by atoms with Crippen molar-refractivity contribution in [1.29, 1.82) is 0 Å². The molecular weight excluding hydrogens is 304 g/mol. The Balaban J connectivity index is 0.000000243. The van der Waals surface area contributed by atoms with Crippen LogP contribution in [0.5, 0.6) is 0 Å². The van der Waals surface area contributed by atoms with Crippen molar-refractivity contribution < 1.29 is 19.1 Å². The molecule has 0 spiro atoms. The number of esters is 2. The van der Waals surface area contributed by atoms with Gasteiger partial charge in [-0.05, 0) is 39.5 Å². The van der Waals surface area contributed by atoms with Gasteiger partial charge in [0.25, 0.3) is 0 Å². The van der Waals surface area contributed by atoms with Gasteiger partial charge in [0.1, 0.15) is 0 Å². The minimum Gasteiger partial charge on any atom is -0.462 e. The molecule has 0 aromatic rings. The van der Waals surface area contributed by atoms with Crippen molar-refractivity contribution in [2.75, 3.05) is 0 Å². The lowest BCUT2D eigenvalue weighted by atomic mass is 9.98. The van der Waals surface area contributed by atoms with Crippen LogP contribution < -0.4 is 0 Å². The average molecular weight is 341 g/mol. The van der Waals surface area contributed by atoms with E-state index in [0.29, 0.717) is 0 Å². The monoisotopic (exact) mass is 340 g/mol. The maximum Gasteiger partial charge on any atom is 0.309 e. The Morgan fingerprint density at radius 2 is 1.21 bits per heavy atom. The van der Waals surface area contributed by atoms with E-state index in [2.05, 4.69) is 13.8 Å². The van der Waals surface area contributed by atoms with Gasteiger partial charge in [-0.2, -0.15) is 0 Å². The largest absolute Gasteiger partial charge is 0.462 e. The second kappa shape index (κ2) is 11.5. The highest BCUT2D eigenvalue weighted by Gasteiger charge is 2.31. The van der Waals surface area contributed by atoms with Crippen LogP contribution in [-0.2, 0) is 19.1 Å². The summed E-state index contributed by atoms with van der Waals surface area (Å²) in [5, 5.41) is 0. The van der Waals surface area contributed by atoms with E-state index < -0.39 is 0 Å². The van der Waals surface area contributed by atoms with E-state index in [9.17, 15) is 9.59 Å². The van der Waals surface area contributed by atoms with E-state index >= 15 is 0 Å². The minimum atomic E-state index is 0.0194. The maximum absolute atomic E-state index is 11.2. The standard InChI is InChI=1S/C11H20O2.C9H16O2/c1-3-4-5-6-7-10-8-9(2)13-11(10)12;1-3-4-5-8-6-7(2)11-9(8)10/h9-10H,3-8H2,1-2H3;7-8H,3-6H2,1-2H3/t9-,10+;7-,8+/m00/s1. The van der Waals surface area contributed by atoms with Crippen LogP contribution in [0.15, 0.2) is 0 Å². The third-order valence-corrected chi connectivity index (χ3v) is 4.85. The van der Waals surface area contributed by atoms with E-state index in [1.54, 1.807) is 0 Å². The van der Waals surface area contributed by atoms with Crippen LogP contribution >= 0.6 is 0 Å². The van der Waals surface area contributed by atoms with Crippen LogP contribution in [0.2, 0.25) is 0 Å². The molecule has 24 heavy (non-hydrogen) atoms. The molecule has 2 aliphatic heterocycles. The van der Waals surface area contributed by atoms with Gasteiger partial charge in [-0.15, -0.1) is 0 Å². The zero-order valence-corrected chi connectivity index (χ0v) is 16.0. The quantitative estimate of drug-likeness (QED) is 0.459. The summed E-state index contributed by atoms with van der Waals surface area (Å²) < 4.78 is 10.1. The Hall–Kier alpha value is -1.06. The molecule has 0 bridgehead atoms. The first-order valence-electron chi connectivity index (χ1n) is 9.88. The van der Waals surface area contributed by atoms with Gasteiger partial charge >= 0.3 is 11.9 Å². The molecule has 0 unspecified atom stereocenters. The minimum absolute atomic E-state index is 0.0194. The Morgan fingerprint density at radius 3 is 1.58 bits per heavy atom. The predicted octanol–water partition coefficient (Wildman–Crippen LogP) is 5.04. The smallest absolute Gasteiger partial charge is 0.309 e. The van der Waals surface area contributed by atoms with Gasteiger partial charge in [-0.3, -0.25) is 9.59 Å². The number of carbonyl (C=O) groups excluding carboxylic acids is 2. The topological polar surface area (TPSA) is 52.6 Å². The number of ether oxygens (including phenoxy) is 2. The fourth-order valence-corrected chi connectivity index (χ4v) is 3.42. The first-order chi connectivity index (χ1) is 11.5. The summed E-state index contributed by atoms with van der Waals surface area (Å²) >= 11 is 0. The van der Waals surface area contributed by atoms with Gasteiger partial charge in [0.05, 0.1) is 24.0 Å². The van der Waals surface area contributed by atoms with Crippen LogP contribution in [0.3, 0.4) is 0 Å². The maximum atomic E-state index is 11.2. The number of rotatable bonds is 8. The molecule has 0 aromatic carbocycles. The fourth-order valence-electron chi connectivity index (χ4n) is 3.42. The van der Waals surface area contributed by atoms with Crippen LogP contribution in [0.1, 0.15) is 91.9 Å². The van der Waals surface area contributed by atoms with E-state index in [4.69, 9.17) is 9.47 Å². The van der Waals surface area contributed by atoms with E-state index in [1.807, 2.05) is 13.8 Å². The van der Waals surface area contributed by atoms with E-state index in [1.165, 1.54) is 25.7 Å². The van der Waals surface area contributed by atoms with Crippen LogP contribution in [0.25, 0.3) is 0 Å². The van der Waals surface area contributed by atoms with Crippen molar-refractivity contribution in [3.8, 4) is 0 Å². The molecule has 0 saturated carbocycles. The molecule has 2 aliphatic rings. The molecule has 0 radical (unpaired) electrons. The predicted molar refractivity (Wildman–Crippen MR) is 95.6 cm³/mol. The fraction of sp³-hybridized carbons (Fsp3) is 0.900. The van der Waals surface area contributed by atoms with Crippen molar-refractivity contribution in [3.05, 3.63) is 0 Å². The lowest BCUT2D eigenvalue weighted by Gasteiger charge is -2.03. The third-order valence-electron chi connectivity index (χ3n) is 4.85. The van der Waals surface area contributed by atoms with Crippen molar-refractivity contribution in [1.82, 2.24) is 0 Å². The Bertz CT molecular complexity index is 380. The van der Waals surface area contributed by atoms with Gasteiger partial charge in [-0.1, -0.05) is 52.4 Å². The summed E-state index contributed by atoms with van der Waals surface area (Å²) in [5.41, 5.74) is 0. The lowest BCUT2D eigenvalue weighted by molar-refractivity contribution is -0.144. The molecule has 2 rings (SSSR count). The van der Waals surface area contributed by atoms with Gasteiger partial charge in [0.15, 0.2) is 0 Å². The number of unbranched alkanes of at least 4 members (excludes halogenated alkanes) is 4. The van der Waals surface area contributed by atoms with Crippen molar-refractivity contribution in [2.24, 2.45) is 11.8 Å². The molecule has 0 aromatic heterocycles. The zero-order chi connectivity index (χ0) is 17.9. The number of hydrogen-bond donors (Lipinski definition) is 0. The first-order valence-corrected chi connectivity index (χ1v) is 9.88. The summed E-state index contributed by atoms with van der Waals surface area (Å²) in [4.78, 5) is 22.3. The Labute approximate surface area is 147 Å². The SMILES string of the molecule is CCCCCC[C@@H]1C[C@H](C)OC1=O.CCCC[C@@H]1C[C@H](C)OC1=O. The molecule has 140 valence electrons. The van der Waals surface area contributed by atoms with E-state index in [-0.39, 0.29) is 36.0 Å². The molecule has 4 atom stereocenters. The molecule has 0 amide bonds. The highest BCUT2D eigenvalue weighted by Crippen LogP contribution is 2.26. The zero-order valence-electron chi connectivity index (χ0n) is 16.0.